The lowest BCUT2D eigenvalue weighted by molar-refractivity contribution is -0.257. The predicted octanol–water partition coefficient (Wildman–Crippen LogP) is -2.18. The molecule has 1 aliphatic rings. The highest BCUT2D eigenvalue weighted by Crippen LogP contribution is 2.19. The van der Waals surface area contributed by atoms with Crippen LogP contribution in [-0.2, 0) is 9.47 Å². The summed E-state index contributed by atoms with van der Waals surface area (Å²) in [5.74, 6) is 0. The summed E-state index contributed by atoms with van der Waals surface area (Å²) in [6.45, 7) is -0.384. The molecule has 0 amide bonds. The second-order valence-corrected chi connectivity index (χ2v) is 3.02. The molecule has 0 saturated carbocycles. The summed E-state index contributed by atoms with van der Waals surface area (Å²) in [5, 5.41) is 27.5. The number of rotatable bonds is 2. The minimum Gasteiger partial charge on any atom is -0.394 e. The Balaban J connectivity index is 0.00000169. The van der Waals surface area contributed by atoms with Gasteiger partial charge < -0.3 is 30.5 Å². The lowest BCUT2D eigenvalue weighted by Crippen LogP contribution is -2.62. The fraction of sp³-hybridized carbons (Fsp3) is 1.00. The smallest absolute Gasteiger partial charge is 0.175 e. The summed E-state index contributed by atoms with van der Waals surface area (Å²) in [7, 11) is 1.38. The van der Waals surface area contributed by atoms with Crippen LogP contribution in [0.15, 0.2) is 0 Å². The molecule has 0 aliphatic carbocycles. The van der Waals surface area contributed by atoms with Gasteiger partial charge in [0.1, 0.15) is 18.3 Å². The molecule has 1 rings (SSSR count). The van der Waals surface area contributed by atoms with Gasteiger partial charge in [0.2, 0.25) is 0 Å². The highest BCUT2D eigenvalue weighted by atomic mass is 35.5. The maximum atomic E-state index is 9.40. The summed E-state index contributed by atoms with van der Waals surface area (Å²) >= 11 is 0. The van der Waals surface area contributed by atoms with Crippen molar-refractivity contribution in [1.29, 1.82) is 0 Å². The maximum absolute atomic E-state index is 9.40. The number of nitrogens with two attached hydrogens (primary N) is 1. The normalized spacial score (nSPS) is 43.1. The molecule has 1 heterocycles. The molecule has 1 fully saturated rings. The van der Waals surface area contributed by atoms with Crippen molar-refractivity contribution < 1.29 is 24.8 Å². The number of ether oxygens (including phenoxy) is 2. The lowest BCUT2D eigenvalue weighted by Gasteiger charge is -2.39. The Morgan fingerprint density at radius 1 is 1.36 bits per heavy atom. The molecule has 86 valence electrons. The number of hydrogen-bond donors (Lipinski definition) is 4. The van der Waals surface area contributed by atoms with Crippen molar-refractivity contribution in [2.75, 3.05) is 13.7 Å². The molecule has 1 saturated heterocycles. The highest BCUT2D eigenvalue weighted by molar-refractivity contribution is 5.85. The van der Waals surface area contributed by atoms with E-state index in [1.807, 2.05) is 0 Å². The van der Waals surface area contributed by atoms with E-state index in [0.29, 0.717) is 0 Å². The van der Waals surface area contributed by atoms with Gasteiger partial charge in [-0.2, -0.15) is 0 Å². The average molecular weight is 230 g/mol. The van der Waals surface area contributed by atoms with Crippen LogP contribution in [0, 0.1) is 0 Å². The highest BCUT2D eigenvalue weighted by Gasteiger charge is 2.42. The molecular weight excluding hydrogens is 214 g/mol. The van der Waals surface area contributed by atoms with E-state index in [4.69, 9.17) is 20.3 Å². The van der Waals surface area contributed by atoms with Gasteiger partial charge in [-0.05, 0) is 0 Å². The molecule has 0 spiro atoms. The van der Waals surface area contributed by atoms with Gasteiger partial charge in [0.25, 0.3) is 0 Å². The van der Waals surface area contributed by atoms with Gasteiger partial charge >= 0.3 is 0 Å². The Labute approximate surface area is 88.0 Å². The van der Waals surface area contributed by atoms with Crippen LogP contribution < -0.4 is 5.73 Å². The van der Waals surface area contributed by atoms with E-state index in [-0.39, 0.29) is 19.0 Å². The van der Waals surface area contributed by atoms with E-state index in [1.165, 1.54) is 7.11 Å². The average Bonchev–Trinajstić information content (AvgIpc) is 2.15. The molecule has 0 bridgehead atoms. The number of aliphatic hydroxyl groups excluding tert-OH is 3. The third-order valence-electron chi connectivity index (χ3n) is 2.16. The van der Waals surface area contributed by atoms with Crippen molar-refractivity contribution in [2.45, 2.75) is 30.6 Å². The zero-order valence-corrected chi connectivity index (χ0v) is 8.55. The van der Waals surface area contributed by atoms with Gasteiger partial charge in [0.15, 0.2) is 6.29 Å². The second kappa shape index (κ2) is 5.82. The number of methoxy groups -OCH3 is 1. The predicted molar refractivity (Wildman–Crippen MR) is 50.0 cm³/mol. The molecule has 6 nitrogen and oxygen atoms in total. The molecule has 0 unspecified atom stereocenters. The van der Waals surface area contributed by atoms with Crippen LogP contribution in [0.25, 0.3) is 0 Å². The first-order valence-corrected chi connectivity index (χ1v) is 4.02. The van der Waals surface area contributed by atoms with Gasteiger partial charge in [-0.1, -0.05) is 0 Å². The summed E-state index contributed by atoms with van der Waals surface area (Å²) in [5.41, 5.74) is 5.50. The number of halogens is 1. The zero-order chi connectivity index (χ0) is 10.0. The van der Waals surface area contributed by atoms with Crippen LogP contribution in [-0.4, -0.2) is 59.7 Å². The monoisotopic (exact) mass is 229 g/mol. The fourth-order valence-electron chi connectivity index (χ4n) is 1.32. The van der Waals surface area contributed by atoms with Crippen LogP contribution >= 0.6 is 12.4 Å². The van der Waals surface area contributed by atoms with Crippen molar-refractivity contribution in [2.24, 2.45) is 5.73 Å². The molecule has 5 N–H and O–H groups in total. The molecular formula is C7H16ClNO5. The number of hydrogen-bond acceptors (Lipinski definition) is 6. The Kier molecular flexibility index (Phi) is 5.84. The first-order chi connectivity index (χ1) is 6.11. The first kappa shape index (κ1) is 14.1. The summed E-state index contributed by atoms with van der Waals surface area (Å²) in [6, 6.07) is -0.803. The molecule has 0 aromatic rings. The summed E-state index contributed by atoms with van der Waals surface area (Å²) < 4.78 is 9.90. The maximum Gasteiger partial charge on any atom is 0.175 e. The van der Waals surface area contributed by atoms with E-state index in [1.54, 1.807) is 0 Å². The van der Waals surface area contributed by atoms with E-state index in [0.717, 1.165) is 0 Å². The Morgan fingerprint density at radius 2 is 1.93 bits per heavy atom. The first-order valence-electron chi connectivity index (χ1n) is 4.02. The van der Waals surface area contributed by atoms with Crippen LogP contribution in [0.5, 0.6) is 0 Å². The van der Waals surface area contributed by atoms with Gasteiger partial charge in [-0.3, -0.25) is 0 Å². The molecule has 0 aromatic carbocycles. The minimum atomic E-state index is -1.17. The third kappa shape index (κ3) is 2.54. The van der Waals surface area contributed by atoms with Crippen molar-refractivity contribution in [3.63, 3.8) is 0 Å². The van der Waals surface area contributed by atoms with E-state index < -0.39 is 30.6 Å². The van der Waals surface area contributed by atoms with Gasteiger partial charge in [-0.15, -0.1) is 12.4 Å². The SMILES string of the molecule is CO[C@@H]1O[C@@H](CO)[C@H](O)[C@@H](O)[C@@H]1N.Cl. The van der Waals surface area contributed by atoms with Gasteiger partial charge in [0, 0.05) is 7.11 Å². The summed E-state index contributed by atoms with van der Waals surface area (Å²) in [4.78, 5) is 0. The Hall–Kier alpha value is 0.0500. The summed E-state index contributed by atoms with van der Waals surface area (Å²) in [6.07, 6.45) is -3.96. The Bertz CT molecular complexity index is 152. The quantitative estimate of drug-likeness (QED) is 0.429. The molecule has 0 radical (unpaired) electrons. The van der Waals surface area contributed by atoms with Gasteiger partial charge in [0.05, 0.1) is 12.6 Å². The van der Waals surface area contributed by atoms with Crippen molar-refractivity contribution in [1.82, 2.24) is 0 Å². The van der Waals surface area contributed by atoms with Crippen molar-refractivity contribution in [3.05, 3.63) is 0 Å². The minimum absolute atomic E-state index is 0. The van der Waals surface area contributed by atoms with E-state index in [9.17, 15) is 10.2 Å². The largest absolute Gasteiger partial charge is 0.394 e. The second-order valence-electron chi connectivity index (χ2n) is 3.02. The molecule has 1 aliphatic heterocycles. The van der Waals surface area contributed by atoms with Crippen LogP contribution in [0.1, 0.15) is 0 Å². The van der Waals surface area contributed by atoms with Crippen LogP contribution in [0.2, 0.25) is 0 Å². The molecule has 7 heteroatoms. The standard InChI is InChI=1S/C7H15NO5.ClH/c1-12-7-4(8)6(11)5(10)3(2-9)13-7;/h3-7,9-11H,2,8H2,1H3;1H/t3-,4-,5-,6-,7+;/m0./s1. The zero-order valence-electron chi connectivity index (χ0n) is 7.74. The van der Waals surface area contributed by atoms with Gasteiger partial charge in [-0.25, -0.2) is 0 Å². The fourth-order valence-corrected chi connectivity index (χ4v) is 1.32. The molecule has 0 aromatic heterocycles. The van der Waals surface area contributed by atoms with E-state index in [2.05, 4.69) is 0 Å². The van der Waals surface area contributed by atoms with E-state index >= 15 is 0 Å². The van der Waals surface area contributed by atoms with Crippen molar-refractivity contribution >= 4 is 12.4 Å². The van der Waals surface area contributed by atoms with Crippen molar-refractivity contribution in [3.8, 4) is 0 Å². The van der Waals surface area contributed by atoms with Crippen LogP contribution in [0.4, 0.5) is 0 Å². The molecule has 5 atom stereocenters. The third-order valence-corrected chi connectivity index (χ3v) is 2.16. The lowest BCUT2D eigenvalue weighted by atomic mass is 9.98. The number of aliphatic hydroxyl groups is 3. The Morgan fingerprint density at radius 3 is 2.36 bits per heavy atom. The molecule has 14 heavy (non-hydrogen) atoms. The topological polar surface area (TPSA) is 105 Å². The van der Waals surface area contributed by atoms with Crippen LogP contribution in [0.3, 0.4) is 0 Å².